The highest BCUT2D eigenvalue weighted by Gasteiger charge is 2.21. The number of rotatable bonds is 12. The van der Waals surface area contributed by atoms with Crippen LogP contribution in [0.1, 0.15) is 65.0 Å². The van der Waals surface area contributed by atoms with E-state index in [9.17, 15) is 9.59 Å². The van der Waals surface area contributed by atoms with Crippen LogP contribution >= 0.6 is 38.6 Å². The van der Waals surface area contributed by atoms with Gasteiger partial charge in [-0.05, 0) is 148 Å². The first kappa shape index (κ1) is 54.3. The van der Waals surface area contributed by atoms with Crippen molar-refractivity contribution in [3.05, 3.63) is 132 Å². The minimum Gasteiger partial charge on any atom is -0.423 e. The Morgan fingerprint density at radius 1 is 0.608 bits per heavy atom. The number of nitrogens with zero attached hydrogens (tertiary/aromatic N) is 10. The molecule has 2 aliphatic rings. The Morgan fingerprint density at radius 2 is 1.05 bits per heavy atom. The van der Waals surface area contributed by atoms with Crippen molar-refractivity contribution < 1.29 is 10.0 Å². The molecule has 0 spiro atoms. The molecule has 10 rings (SSSR count). The molecular weight excluding hydrogens is 1040 g/mol. The minimum atomic E-state index is -1.30. The summed E-state index contributed by atoms with van der Waals surface area (Å²) in [5.74, 6) is 0.988. The molecule has 2 saturated heterocycles. The summed E-state index contributed by atoms with van der Waals surface area (Å²) in [6.07, 6.45) is 0. The summed E-state index contributed by atoms with van der Waals surface area (Å²) in [7, 11) is -1.30. The molecule has 0 radical (unpaired) electrons. The van der Waals surface area contributed by atoms with E-state index in [1.807, 2.05) is 71.2 Å². The average Bonchev–Trinajstić information content (AvgIpc) is 4.15. The fraction of sp³-hybridized carbons (Fsp3) is 0.370. The van der Waals surface area contributed by atoms with E-state index < -0.39 is 7.12 Å². The second kappa shape index (κ2) is 24.6. The van der Waals surface area contributed by atoms with Crippen molar-refractivity contribution >= 4 is 107 Å². The molecule has 388 valence electrons. The lowest BCUT2D eigenvalue weighted by Gasteiger charge is -2.35. The maximum atomic E-state index is 13.4. The zero-order valence-corrected chi connectivity index (χ0v) is 46.6. The van der Waals surface area contributed by atoms with Crippen LogP contribution in [0.3, 0.4) is 0 Å². The van der Waals surface area contributed by atoms with Crippen LogP contribution in [0.5, 0.6) is 0 Å². The third kappa shape index (κ3) is 12.7. The van der Waals surface area contributed by atoms with Crippen molar-refractivity contribution in [2.75, 3.05) is 85.9 Å². The molecule has 2 aromatic carbocycles. The van der Waals surface area contributed by atoms with Crippen molar-refractivity contribution in [1.82, 2.24) is 38.9 Å². The first-order valence-corrected chi connectivity index (χ1v) is 27.8. The quantitative estimate of drug-likeness (QED) is 0.0854. The van der Waals surface area contributed by atoms with Gasteiger partial charge in [0.2, 0.25) is 11.9 Å². The van der Waals surface area contributed by atoms with Gasteiger partial charge in [-0.1, -0.05) is 32.0 Å². The molecule has 0 aliphatic carbocycles. The van der Waals surface area contributed by atoms with Crippen LogP contribution in [0, 0.1) is 13.8 Å². The molecule has 8 heterocycles. The van der Waals surface area contributed by atoms with Gasteiger partial charge in [0.15, 0.2) is 0 Å². The van der Waals surface area contributed by atoms with E-state index in [1.165, 1.54) is 22.7 Å². The van der Waals surface area contributed by atoms with E-state index in [-0.39, 0.29) is 23.2 Å². The number of hydrogen-bond donors (Lipinski definition) is 4. The summed E-state index contributed by atoms with van der Waals surface area (Å²) >= 11 is 6.28. The van der Waals surface area contributed by atoms with E-state index in [1.54, 1.807) is 38.0 Å². The largest absolute Gasteiger partial charge is 0.499 e. The number of pyridine rings is 2. The van der Waals surface area contributed by atoms with Gasteiger partial charge in [0.1, 0.15) is 11.3 Å². The van der Waals surface area contributed by atoms with Gasteiger partial charge < -0.3 is 40.3 Å². The van der Waals surface area contributed by atoms with Gasteiger partial charge in [0.05, 0.1) is 21.4 Å². The number of anilines is 6. The van der Waals surface area contributed by atoms with Crippen LogP contribution in [0.2, 0.25) is 0 Å². The molecule has 2 fully saturated rings. The summed E-state index contributed by atoms with van der Waals surface area (Å²) in [6, 6.07) is 27.9. The van der Waals surface area contributed by atoms with Crippen molar-refractivity contribution in [1.29, 1.82) is 0 Å². The fourth-order valence-corrected chi connectivity index (χ4v) is 10.9. The number of fused-ring (bicyclic) bond motifs is 2. The average molecular weight is 1100 g/mol. The molecule has 16 nitrogen and oxygen atoms in total. The minimum absolute atomic E-state index is 0.0119. The van der Waals surface area contributed by atoms with Crippen LogP contribution in [0.25, 0.3) is 32.5 Å². The maximum Gasteiger partial charge on any atom is 0.499 e. The van der Waals surface area contributed by atoms with E-state index in [4.69, 9.17) is 20.0 Å². The van der Waals surface area contributed by atoms with Crippen LogP contribution in [-0.4, -0.2) is 121 Å². The van der Waals surface area contributed by atoms with Gasteiger partial charge in [-0.25, -0.2) is 9.97 Å². The summed E-state index contributed by atoms with van der Waals surface area (Å²) in [6.45, 7) is 27.2. The van der Waals surface area contributed by atoms with Crippen molar-refractivity contribution in [2.24, 2.45) is 0 Å². The molecular formula is C54H66BBrN12O4S2. The lowest BCUT2D eigenvalue weighted by atomic mass is 9.90. The summed E-state index contributed by atoms with van der Waals surface area (Å²) < 4.78 is 4.60. The first-order valence-electron chi connectivity index (χ1n) is 25.3. The van der Waals surface area contributed by atoms with E-state index in [0.29, 0.717) is 38.0 Å². The van der Waals surface area contributed by atoms with Crippen LogP contribution in [0.4, 0.5) is 34.6 Å². The number of aryl methyl sites for hydroxylation is 2. The van der Waals surface area contributed by atoms with Gasteiger partial charge in [-0.2, -0.15) is 21.3 Å². The zero-order valence-electron chi connectivity index (χ0n) is 43.4. The summed E-state index contributed by atoms with van der Waals surface area (Å²) in [5, 5.41) is 29.2. The lowest BCUT2D eigenvalue weighted by molar-refractivity contribution is 0.271. The highest BCUT2D eigenvalue weighted by atomic mass is 79.9. The third-order valence-corrected chi connectivity index (χ3v) is 15.7. The van der Waals surface area contributed by atoms with Gasteiger partial charge in [0, 0.05) is 108 Å². The number of halogens is 1. The molecule has 0 amide bonds. The molecule has 20 heteroatoms. The van der Waals surface area contributed by atoms with Crippen LogP contribution in [-0.2, 0) is 0 Å². The van der Waals surface area contributed by atoms with Crippen molar-refractivity contribution in [2.45, 2.75) is 67.5 Å². The fourth-order valence-electron chi connectivity index (χ4n) is 9.20. The first-order chi connectivity index (χ1) is 35.6. The predicted molar refractivity (Wildman–Crippen MR) is 311 cm³/mol. The number of nitrogens with one attached hydrogen (secondary N) is 2. The maximum absolute atomic E-state index is 13.4. The molecule has 0 unspecified atom stereocenters. The molecule has 0 atom stereocenters. The van der Waals surface area contributed by atoms with Gasteiger partial charge >= 0.3 is 7.12 Å². The number of aromatic nitrogens is 6. The van der Waals surface area contributed by atoms with Crippen LogP contribution in [0.15, 0.2) is 110 Å². The number of thiophene rings is 2. The molecule has 0 saturated carbocycles. The SMILES string of the molecule is CCN1CCN(c2ccc(Nc3nc(C)c4cc(-c5cccs5)c(=O)n(C(C)C)c4n3)cc2)CC1.CCN1CCN(c2ccc(Nc3nc(C)c4cc(Br)c(=O)n(C(C)C)c4n3)cc2)CC1.OB(O)c1cccs1. The highest BCUT2D eigenvalue weighted by Crippen LogP contribution is 2.30. The van der Waals surface area contributed by atoms with Gasteiger partial charge in [-0.3, -0.25) is 18.7 Å². The Bertz CT molecular complexity index is 3250. The van der Waals surface area contributed by atoms with E-state index in [2.05, 4.69) is 119 Å². The second-order valence-corrected chi connectivity index (χ2v) is 21.7. The number of hydrogen-bond acceptors (Lipinski definition) is 16. The lowest BCUT2D eigenvalue weighted by Crippen LogP contribution is -2.46. The Hall–Kier alpha value is -6.00. The summed E-state index contributed by atoms with van der Waals surface area (Å²) in [5.41, 5.74) is 7.87. The predicted octanol–water partition coefficient (Wildman–Crippen LogP) is 9.05. The van der Waals surface area contributed by atoms with Gasteiger partial charge in [-0.15, -0.1) is 11.3 Å². The molecule has 4 N–H and O–H groups in total. The van der Waals surface area contributed by atoms with E-state index >= 15 is 0 Å². The monoisotopic (exact) mass is 1100 g/mol. The third-order valence-electron chi connectivity index (χ3n) is 13.4. The highest BCUT2D eigenvalue weighted by molar-refractivity contribution is 9.10. The smallest absolute Gasteiger partial charge is 0.423 e. The summed E-state index contributed by atoms with van der Waals surface area (Å²) in [4.78, 5) is 55.7. The second-order valence-electron chi connectivity index (χ2n) is 18.9. The zero-order chi connectivity index (χ0) is 52.6. The van der Waals surface area contributed by atoms with Crippen molar-refractivity contribution in [3.63, 3.8) is 0 Å². The molecule has 6 aromatic heterocycles. The Kier molecular flexibility index (Phi) is 18.0. The Balaban J connectivity index is 0.000000172. The standard InChI is InChI=1S/C27H32N6OS.C23H29BrN6O.C4H5BO2S/c1-5-31-12-14-32(15-13-31)21-10-8-20(9-11-21)29-27-28-19(4)22-17-23(24-7-6-16-35-24)26(34)33(18(2)3)25(22)30-27;1-5-28-10-12-29(13-11-28)18-8-6-17(7-9-18)26-23-25-16(4)19-14-20(24)22(31)30(15(2)3)21(19)27-23;6-5(7)4-2-1-3-8-4/h6-11,16-18H,5,12-15H2,1-4H3,(H,28,29,30);6-9,14-15H,5,10-13H2,1-4H3,(H,25,26,27);1-3,6-7H. The molecule has 74 heavy (non-hydrogen) atoms. The topological polar surface area (TPSA) is 173 Å². The van der Waals surface area contributed by atoms with Crippen LogP contribution < -0.4 is 36.3 Å². The van der Waals surface area contributed by atoms with Crippen molar-refractivity contribution in [3.8, 4) is 10.4 Å². The Labute approximate surface area is 449 Å². The molecule has 8 aromatic rings. The number of benzene rings is 2. The molecule has 0 bridgehead atoms. The van der Waals surface area contributed by atoms with E-state index in [0.717, 1.165) is 104 Å². The number of piperazine rings is 2. The Morgan fingerprint density at radius 3 is 1.45 bits per heavy atom. The normalized spacial score (nSPS) is 14.3. The molecule has 2 aliphatic heterocycles. The van der Waals surface area contributed by atoms with Gasteiger partial charge in [0.25, 0.3) is 11.1 Å². The number of likely N-dealkylation sites (N-methyl/N-ethyl adjacent to an activating group) is 2.